The number of rotatable bonds is 2. The molecule has 1 fully saturated rings. The van der Waals surface area contributed by atoms with Gasteiger partial charge in [-0.1, -0.05) is 5.92 Å². The third-order valence-electron chi connectivity index (χ3n) is 4.46. The first-order valence-electron chi connectivity index (χ1n) is 7.34. The molecule has 1 aliphatic rings. The number of likely N-dealkylation sites (tertiary alicyclic amines) is 1. The number of hydrogen-bond acceptors (Lipinski definition) is 2. The number of aryl methyl sites for hydroxylation is 2. The van der Waals surface area contributed by atoms with Gasteiger partial charge in [0.1, 0.15) is 11.3 Å². The third kappa shape index (κ3) is 2.46. The molecule has 0 bridgehead atoms. The molecule has 0 saturated carbocycles. The maximum absolute atomic E-state index is 6.08. The van der Waals surface area contributed by atoms with Crippen molar-refractivity contribution < 1.29 is 4.42 Å². The van der Waals surface area contributed by atoms with Crippen LogP contribution >= 0.6 is 0 Å². The summed E-state index contributed by atoms with van der Waals surface area (Å²) >= 11 is 0. The number of terminal acetylenes is 1. The molecule has 2 nitrogen and oxygen atoms in total. The standard InChI is InChI=1S/C18H21NO/c1-4-7-19-8-5-15(6-9-19)18-12-16-10-13(2)14(3)11-17(16)20-18/h1,10-12,15H,5-9H2,2-3H3. The quantitative estimate of drug-likeness (QED) is 0.768. The molecule has 0 amide bonds. The molecule has 20 heavy (non-hydrogen) atoms. The normalized spacial score (nSPS) is 17.4. The largest absolute Gasteiger partial charge is 0.461 e. The van der Waals surface area contributed by atoms with E-state index in [4.69, 9.17) is 10.8 Å². The topological polar surface area (TPSA) is 16.4 Å². The third-order valence-corrected chi connectivity index (χ3v) is 4.46. The average Bonchev–Trinajstić information content (AvgIpc) is 2.83. The summed E-state index contributed by atoms with van der Waals surface area (Å²) in [5.74, 6) is 4.41. The van der Waals surface area contributed by atoms with Crippen LogP contribution < -0.4 is 0 Å². The predicted molar refractivity (Wildman–Crippen MR) is 82.9 cm³/mol. The summed E-state index contributed by atoms with van der Waals surface area (Å²) in [6.07, 6.45) is 7.65. The van der Waals surface area contributed by atoms with Crippen molar-refractivity contribution in [2.75, 3.05) is 19.6 Å². The van der Waals surface area contributed by atoms with Crippen LogP contribution in [-0.4, -0.2) is 24.5 Å². The zero-order valence-corrected chi connectivity index (χ0v) is 12.3. The van der Waals surface area contributed by atoms with Crippen molar-refractivity contribution in [3.8, 4) is 12.3 Å². The van der Waals surface area contributed by atoms with Crippen molar-refractivity contribution in [1.29, 1.82) is 0 Å². The van der Waals surface area contributed by atoms with Crippen molar-refractivity contribution >= 4 is 11.0 Å². The highest BCUT2D eigenvalue weighted by Crippen LogP contribution is 2.33. The Kier molecular flexibility index (Phi) is 3.54. The summed E-state index contributed by atoms with van der Waals surface area (Å²) in [7, 11) is 0. The Bertz CT molecular complexity index is 615. The van der Waals surface area contributed by atoms with E-state index in [0.29, 0.717) is 5.92 Å². The van der Waals surface area contributed by atoms with Gasteiger partial charge in [-0.05, 0) is 69.1 Å². The Morgan fingerprint density at radius 2 is 1.90 bits per heavy atom. The van der Waals surface area contributed by atoms with Gasteiger partial charge in [0, 0.05) is 11.3 Å². The molecule has 2 heteroatoms. The van der Waals surface area contributed by atoms with E-state index >= 15 is 0 Å². The second-order valence-electron chi connectivity index (χ2n) is 5.88. The number of fused-ring (bicyclic) bond motifs is 1. The zero-order valence-electron chi connectivity index (χ0n) is 12.3. The van der Waals surface area contributed by atoms with E-state index in [0.717, 1.165) is 43.8 Å². The van der Waals surface area contributed by atoms with Crippen LogP contribution in [0.25, 0.3) is 11.0 Å². The van der Waals surface area contributed by atoms with Crippen molar-refractivity contribution in [2.24, 2.45) is 0 Å². The van der Waals surface area contributed by atoms with E-state index in [-0.39, 0.29) is 0 Å². The molecule has 104 valence electrons. The van der Waals surface area contributed by atoms with Gasteiger partial charge < -0.3 is 4.42 Å². The van der Waals surface area contributed by atoms with E-state index in [2.05, 4.69) is 42.9 Å². The first-order valence-corrected chi connectivity index (χ1v) is 7.34. The SMILES string of the molecule is C#CCN1CCC(c2cc3cc(C)c(C)cc3o2)CC1. The first kappa shape index (κ1) is 13.3. The average molecular weight is 267 g/mol. The summed E-state index contributed by atoms with van der Waals surface area (Å²) in [6.45, 7) is 7.20. The summed E-state index contributed by atoms with van der Waals surface area (Å²) in [5, 5.41) is 1.23. The van der Waals surface area contributed by atoms with Crippen LogP contribution in [0, 0.1) is 26.2 Å². The molecule has 0 radical (unpaired) electrons. The van der Waals surface area contributed by atoms with Crippen LogP contribution in [0.3, 0.4) is 0 Å². The van der Waals surface area contributed by atoms with Gasteiger partial charge in [0.05, 0.1) is 6.54 Å². The number of piperidine rings is 1. The number of nitrogens with zero attached hydrogens (tertiary/aromatic N) is 1. The Labute approximate surface area is 120 Å². The van der Waals surface area contributed by atoms with Crippen molar-refractivity contribution in [1.82, 2.24) is 4.90 Å². The first-order chi connectivity index (χ1) is 9.67. The molecule has 1 saturated heterocycles. The van der Waals surface area contributed by atoms with Crippen LogP contribution in [0.1, 0.15) is 35.6 Å². The van der Waals surface area contributed by atoms with Gasteiger partial charge in [-0.2, -0.15) is 0 Å². The number of benzene rings is 1. The van der Waals surface area contributed by atoms with Crippen LogP contribution in [0.15, 0.2) is 22.6 Å². The fourth-order valence-electron chi connectivity index (χ4n) is 3.03. The van der Waals surface area contributed by atoms with Gasteiger partial charge in [0.2, 0.25) is 0 Å². The minimum Gasteiger partial charge on any atom is -0.461 e. The molecule has 3 rings (SSSR count). The molecule has 1 aromatic heterocycles. The maximum atomic E-state index is 6.08. The van der Waals surface area contributed by atoms with E-state index < -0.39 is 0 Å². The van der Waals surface area contributed by atoms with Crippen LogP contribution in [0.2, 0.25) is 0 Å². The van der Waals surface area contributed by atoms with E-state index in [1.165, 1.54) is 16.5 Å². The second-order valence-corrected chi connectivity index (χ2v) is 5.88. The van der Waals surface area contributed by atoms with E-state index in [1.54, 1.807) is 0 Å². The minimum atomic E-state index is 0.539. The molecule has 0 atom stereocenters. The second kappa shape index (κ2) is 5.34. The smallest absolute Gasteiger partial charge is 0.134 e. The molecule has 1 aliphatic heterocycles. The lowest BCUT2D eigenvalue weighted by Gasteiger charge is -2.29. The Morgan fingerprint density at radius 3 is 2.60 bits per heavy atom. The summed E-state index contributed by atoms with van der Waals surface area (Å²) in [4.78, 5) is 2.34. The van der Waals surface area contributed by atoms with Crippen LogP contribution in [0.4, 0.5) is 0 Å². The van der Waals surface area contributed by atoms with Gasteiger partial charge in [0.25, 0.3) is 0 Å². The number of hydrogen-bond donors (Lipinski definition) is 0. The minimum absolute atomic E-state index is 0.539. The Hall–Kier alpha value is -1.72. The van der Waals surface area contributed by atoms with Crippen molar-refractivity contribution in [2.45, 2.75) is 32.6 Å². The van der Waals surface area contributed by atoms with Crippen LogP contribution in [0.5, 0.6) is 0 Å². The molecule has 0 unspecified atom stereocenters. The Morgan fingerprint density at radius 1 is 1.20 bits per heavy atom. The molecule has 2 heterocycles. The number of furan rings is 1. The lowest BCUT2D eigenvalue weighted by molar-refractivity contribution is 0.225. The van der Waals surface area contributed by atoms with Crippen molar-refractivity contribution in [3.05, 3.63) is 35.1 Å². The fourth-order valence-corrected chi connectivity index (χ4v) is 3.03. The van der Waals surface area contributed by atoms with Gasteiger partial charge in [-0.25, -0.2) is 0 Å². The van der Waals surface area contributed by atoms with E-state index in [1.807, 2.05) is 0 Å². The van der Waals surface area contributed by atoms with Gasteiger partial charge in [0.15, 0.2) is 0 Å². The zero-order chi connectivity index (χ0) is 14.1. The fraction of sp³-hybridized carbons (Fsp3) is 0.444. The molecular formula is C18H21NO. The summed E-state index contributed by atoms with van der Waals surface area (Å²) in [5.41, 5.74) is 3.64. The highest BCUT2D eigenvalue weighted by Gasteiger charge is 2.23. The molecule has 0 N–H and O–H groups in total. The summed E-state index contributed by atoms with van der Waals surface area (Å²) in [6, 6.07) is 6.61. The molecule has 0 spiro atoms. The Balaban J connectivity index is 1.80. The summed E-state index contributed by atoms with van der Waals surface area (Å²) < 4.78 is 6.08. The van der Waals surface area contributed by atoms with Gasteiger partial charge in [-0.3, -0.25) is 4.90 Å². The lowest BCUT2D eigenvalue weighted by Crippen LogP contribution is -2.33. The highest BCUT2D eigenvalue weighted by atomic mass is 16.3. The maximum Gasteiger partial charge on any atom is 0.134 e. The van der Waals surface area contributed by atoms with E-state index in [9.17, 15) is 0 Å². The molecule has 1 aromatic carbocycles. The van der Waals surface area contributed by atoms with Gasteiger partial charge in [-0.15, -0.1) is 6.42 Å². The van der Waals surface area contributed by atoms with Crippen molar-refractivity contribution in [3.63, 3.8) is 0 Å². The molecule has 2 aromatic rings. The van der Waals surface area contributed by atoms with Crippen LogP contribution in [-0.2, 0) is 0 Å². The molecule has 0 aliphatic carbocycles. The predicted octanol–water partition coefficient (Wildman–Crippen LogP) is 3.86. The highest BCUT2D eigenvalue weighted by molar-refractivity contribution is 5.79. The van der Waals surface area contributed by atoms with Gasteiger partial charge >= 0.3 is 0 Å². The monoisotopic (exact) mass is 267 g/mol. The molecular weight excluding hydrogens is 246 g/mol. The lowest BCUT2D eigenvalue weighted by atomic mass is 9.94.